The third-order valence-electron chi connectivity index (χ3n) is 4.15. The molecule has 0 bridgehead atoms. The van der Waals surface area contributed by atoms with Crippen LogP contribution in [0, 0.1) is 26.1 Å². The first kappa shape index (κ1) is 18.3. The van der Waals surface area contributed by atoms with Crippen LogP contribution in [0.5, 0.6) is 0 Å². The molecule has 2 rings (SSSR count). The summed E-state index contributed by atoms with van der Waals surface area (Å²) in [6.07, 6.45) is 5.33. The molecule has 0 heterocycles. The summed E-state index contributed by atoms with van der Waals surface area (Å²) in [4.78, 5) is 32.7. The number of nitro benzene ring substituents is 2. The zero-order valence-corrected chi connectivity index (χ0v) is 13.9. The van der Waals surface area contributed by atoms with Crippen LogP contribution in [0.3, 0.4) is 0 Å². The Morgan fingerprint density at radius 3 is 2.20 bits per heavy atom. The number of hydrogen-bond donors (Lipinski definition) is 0. The standard InChI is InChI=1S/C17H18N2O6/c1-11-4-6-13(7-5-11)17(2,3)25-16(20)12-8-14(18(21)22)10-15(9-12)19(23)24/h4,6,8-10,13H,1,5,7H2,2-3H3/t13-/m1/s1. The van der Waals surface area contributed by atoms with Gasteiger partial charge in [0.15, 0.2) is 0 Å². The molecule has 0 unspecified atom stereocenters. The highest BCUT2D eigenvalue weighted by molar-refractivity contribution is 5.91. The van der Waals surface area contributed by atoms with E-state index in [1.54, 1.807) is 13.8 Å². The fraction of sp³-hybridized carbons (Fsp3) is 0.353. The zero-order valence-electron chi connectivity index (χ0n) is 13.9. The fourth-order valence-corrected chi connectivity index (χ4v) is 2.65. The third kappa shape index (κ3) is 4.28. The minimum Gasteiger partial charge on any atom is -0.455 e. The van der Waals surface area contributed by atoms with Gasteiger partial charge in [-0.05, 0) is 26.7 Å². The van der Waals surface area contributed by atoms with Gasteiger partial charge in [0, 0.05) is 18.1 Å². The second-order valence-corrected chi connectivity index (χ2v) is 6.41. The smallest absolute Gasteiger partial charge is 0.339 e. The summed E-state index contributed by atoms with van der Waals surface area (Å²) in [5.74, 6) is -0.884. The Hall–Kier alpha value is -3.03. The SMILES string of the molecule is C=C1C=C[C@@H](C(C)(C)OC(=O)c2cc([N+](=O)[O-])cc([N+](=O)[O-])c2)CC1. The van der Waals surface area contributed by atoms with Crippen LogP contribution in [-0.2, 0) is 4.74 Å². The summed E-state index contributed by atoms with van der Waals surface area (Å²) >= 11 is 0. The Kier molecular flexibility index (Phi) is 5.01. The van der Waals surface area contributed by atoms with Crippen molar-refractivity contribution in [3.05, 3.63) is 68.3 Å². The molecule has 0 saturated heterocycles. The molecule has 0 aliphatic heterocycles. The molecule has 0 fully saturated rings. The summed E-state index contributed by atoms with van der Waals surface area (Å²) in [5, 5.41) is 21.9. The van der Waals surface area contributed by atoms with Gasteiger partial charge in [0.2, 0.25) is 0 Å². The Morgan fingerprint density at radius 2 is 1.76 bits per heavy atom. The lowest BCUT2D eigenvalue weighted by Gasteiger charge is -2.34. The largest absolute Gasteiger partial charge is 0.455 e. The van der Waals surface area contributed by atoms with Gasteiger partial charge in [-0.15, -0.1) is 0 Å². The van der Waals surface area contributed by atoms with Gasteiger partial charge < -0.3 is 4.74 Å². The Labute approximate surface area is 144 Å². The Bertz CT molecular complexity index is 749. The highest BCUT2D eigenvalue weighted by Gasteiger charge is 2.34. The highest BCUT2D eigenvalue weighted by Crippen LogP contribution is 2.33. The quantitative estimate of drug-likeness (QED) is 0.453. The van der Waals surface area contributed by atoms with Crippen LogP contribution < -0.4 is 0 Å². The number of nitro groups is 2. The van der Waals surface area contributed by atoms with Crippen molar-refractivity contribution in [2.24, 2.45) is 5.92 Å². The first-order valence-corrected chi connectivity index (χ1v) is 7.63. The summed E-state index contributed by atoms with van der Waals surface area (Å²) in [7, 11) is 0. The maximum absolute atomic E-state index is 12.4. The number of esters is 1. The number of non-ortho nitro benzene ring substituents is 2. The topological polar surface area (TPSA) is 113 Å². The number of benzene rings is 1. The van der Waals surface area contributed by atoms with Gasteiger partial charge >= 0.3 is 5.97 Å². The Balaban J connectivity index is 2.28. The van der Waals surface area contributed by atoms with E-state index >= 15 is 0 Å². The molecule has 1 atom stereocenters. The highest BCUT2D eigenvalue weighted by atomic mass is 16.6. The van der Waals surface area contributed by atoms with Crippen molar-refractivity contribution in [3.63, 3.8) is 0 Å². The predicted molar refractivity (Wildman–Crippen MR) is 90.2 cm³/mol. The van der Waals surface area contributed by atoms with Gasteiger partial charge in [0.1, 0.15) is 5.60 Å². The number of allylic oxidation sites excluding steroid dienone is 2. The van der Waals surface area contributed by atoms with Crippen LogP contribution in [0.2, 0.25) is 0 Å². The summed E-state index contributed by atoms with van der Waals surface area (Å²) < 4.78 is 5.50. The van der Waals surface area contributed by atoms with Gasteiger partial charge in [-0.1, -0.05) is 24.3 Å². The zero-order chi connectivity index (χ0) is 18.8. The number of ether oxygens (including phenoxy) is 1. The molecule has 1 aromatic rings. The van der Waals surface area contributed by atoms with Gasteiger partial charge in [-0.2, -0.15) is 0 Å². The molecule has 0 aromatic heterocycles. The molecule has 0 spiro atoms. The van der Waals surface area contributed by atoms with E-state index in [0.717, 1.165) is 36.6 Å². The lowest BCUT2D eigenvalue weighted by Crippen LogP contribution is -2.36. The van der Waals surface area contributed by atoms with Crippen molar-refractivity contribution in [3.8, 4) is 0 Å². The number of hydrogen-bond acceptors (Lipinski definition) is 6. The van der Waals surface area contributed by atoms with E-state index in [9.17, 15) is 25.0 Å². The predicted octanol–water partition coefficient (Wildman–Crippen LogP) is 3.96. The van der Waals surface area contributed by atoms with E-state index in [1.165, 1.54) is 0 Å². The van der Waals surface area contributed by atoms with E-state index in [1.807, 2.05) is 12.2 Å². The summed E-state index contributed by atoms with van der Waals surface area (Å²) in [5.41, 5.74) is -1.17. The van der Waals surface area contributed by atoms with Crippen molar-refractivity contribution in [2.75, 3.05) is 0 Å². The molecule has 8 nitrogen and oxygen atoms in total. The fourth-order valence-electron chi connectivity index (χ4n) is 2.65. The number of carbonyl (C=O) groups is 1. The van der Waals surface area contributed by atoms with Crippen molar-refractivity contribution in [2.45, 2.75) is 32.3 Å². The van der Waals surface area contributed by atoms with E-state index in [4.69, 9.17) is 4.74 Å². The number of nitrogens with zero attached hydrogens (tertiary/aromatic N) is 2. The minimum atomic E-state index is -0.867. The molecule has 1 aliphatic rings. The van der Waals surface area contributed by atoms with Crippen LogP contribution in [-0.4, -0.2) is 21.4 Å². The maximum Gasteiger partial charge on any atom is 0.339 e. The molecule has 25 heavy (non-hydrogen) atoms. The average Bonchev–Trinajstić information content (AvgIpc) is 2.54. The van der Waals surface area contributed by atoms with Gasteiger partial charge in [0.25, 0.3) is 11.4 Å². The van der Waals surface area contributed by atoms with E-state index in [-0.39, 0.29) is 11.5 Å². The first-order valence-electron chi connectivity index (χ1n) is 7.63. The number of rotatable bonds is 5. The summed E-state index contributed by atoms with van der Waals surface area (Å²) in [6, 6.07) is 2.76. The molecule has 1 aromatic carbocycles. The van der Waals surface area contributed by atoms with Crippen molar-refractivity contribution >= 4 is 17.3 Å². The average molecular weight is 346 g/mol. The van der Waals surface area contributed by atoms with E-state index < -0.39 is 32.8 Å². The van der Waals surface area contributed by atoms with Gasteiger partial charge in [-0.25, -0.2) is 4.79 Å². The normalized spacial score (nSPS) is 17.2. The van der Waals surface area contributed by atoms with Crippen LogP contribution in [0.25, 0.3) is 0 Å². The lowest BCUT2D eigenvalue weighted by molar-refractivity contribution is -0.394. The second-order valence-electron chi connectivity index (χ2n) is 6.41. The molecule has 1 aliphatic carbocycles. The van der Waals surface area contributed by atoms with E-state index in [2.05, 4.69) is 6.58 Å². The van der Waals surface area contributed by atoms with Crippen LogP contribution in [0.1, 0.15) is 37.0 Å². The van der Waals surface area contributed by atoms with E-state index in [0.29, 0.717) is 0 Å². The molecular formula is C17H18N2O6. The second kappa shape index (κ2) is 6.84. The number of carbonyl (C=O) groups excluding carboxylic acids is 1. The van der Waals surface area contributed by atoms with Gasteiger partial charge in [0.05, 0.1) is 21.5 Å². The van der Waals surface area contributed by atoms with Crippen LogP contribution in [0.15, 0.2) is 42.5 Å². The molecule has 0 amide bonds. The Morgan fingerprint density at radius 1 is 1.20 bits per heavy atom. The molecule has 0 N–H and O–H groups in total. The van der Waals surface area contributed by atoms with Crippen molar-refractivity contribution in [1.29, 1.82) is 0 Å². The molecular weight excluding hydrogens is 328 g/mol. The minimum absolute atomic E-state index is 0.0457. The van der Waals surface area contributed by atoms with Crippen molar-refractivity contribution in [1.82, 2.24) is 0 Å². The molecule has 0 saturated carbocycles. The molecule has 0 radical (unpaired) electrons. The molecule has 132 valence electrons. The maximum atomic E-state index is 12.4. The first-order chi connectivity index (χ1) is 11.6. The van der Waals surface area contributed by atoms with Crippen LogP contribution in [0.4, 0.5) is 11.4 Å². The molecule has 8 heteroatoms. The lowest BCUT2D eigenvalue weighted by atomic mass is 9.82. The monoisotopic (exact) mass is 346 g/mol. The third-order valence-corrected chi connectivity index (χ3v) is 4.15. The van der Waals surface area contributed by atoms with Gasteiger partial charge in [-0.3, -0.25) is 20.2 Å². The van der Waals surface area contributed by atoms with Crippen LogP contribution >= 0.6 is 0 Å². The van der Waals surface area contributed by atoms with Crippen molar-refractivity contribution < 1.29 is 19.4 Å². The summed E-state index contributed by atoms with van der Waals surface area (Å²) in [6.45, 7) is 7.34.